The molecule has 0 bridgehead atoms. The first-order chi connectivity index (χ1) is 10.6. The van der Waals surface area contributed by atoms with Crippen molar-refractivity contribution >= 4 is 23.6 Å². The second-order valence-corrected chi connectivity index (χ2v) is 5.81. The summed E-state index contributed by atoms with van der Waals surface area (Å²) in [5.41, 5.74) is 0.0985. The summed E-state index contributed by atoms with van der Waals surface area (Å²) in [6.07, 6.45) is 3.60. The van der Waals surface area contributed by atoms with Crippen LogP contribution in [0.15, 0.2) is 23.4 Å². The third kappa shape index (κ3) is 4.66. The van der Waals surface area contributed by atoms with E-state index in [0.717, 1.165) is 25.9 Å². The van der Waals surface area contributed by atoms with E-state index < -0.39 is 11.7 Å². The van der Waals surface area contributed by atoms with Crippen LogP contribution in [0.4, 0.5) is 8.78 Å². The number of hydrogen-bond donors (Lipinski definition) is 1. The maximum Gasteiger partial charge on any atom is 0.290 e. The highest BCUT2D eigenvalue weighted by Crippen LogP contribution is 2.26. The van der Waals surface area contributed by atoms with Crippen molar-refractivity contribution in [3.8, 4) is 0 Å². The Morgan fingerprint density at radius 3 is 2.77 bits per heavy atom. The Kier molecular flexibility index (Phi) is 6.11. The monoisotopic (exact) mass is 329 g/mol. The van der Waals surface area contributed by atoms with E-state index >= 15 is 0 Å². The van der Waals surface area contributed by atoms with E-state index in [4.69, 9.17) is 0 Å². The number of rotatable bonds is 6. The molecular weight excluding hydrogens is 312 g/mol. The third-order valence-corrected chi connectivity index (χ3v) is 4.03. The Bertz CT molecular complexity index is 537. The molecule has 22 heavy (non-hydrogen) atoms. The number of nitrogens with one attached hydrogen (secondary N) is 1. The number of likely N-dealkylation sites (tertiary alicyclic amines) is 1. The van der Waals surface area contributed by atoms with Gasteiger partial charge in [-0.05, 0) is 36.7 Å². The Balaban J connectivity index is 1.85. The molecule has 1 aliphatic rings. The van der Waals surface area contributed by atoms with Crippen LogP contribution in [0, 0.1) is 0 Å². The predicted octanol–water partition coefficient (Wildman–Crippen LogP) is 2.14. The molecule has 0 radical (unpaired) electrons. The topological polar surface area (TPSA) is 62.3 Å². The molecule has 1 fully saturated rings. The summed E-state index contributed by atoms with van der Waals surface area (Å²) in [5, 5.41) is 2.57. The maximum absolute atomic E-state index is 12.4. The summed E-state index contributed by atoms with van der Waals surface area (Å²) in [5.74, 6) is -3.13. The van der Waals surface area contributed by atoms with Crippen LogP contribution in [0.25, 0.3) is 0 Å². The summed E-state index contributed by atoms with van der Waals surface area (Å²) >= 11 is 0.233. The zero-order chi connectivity index (χ0) is 15.9. The lowest BCUT2D eigenvalue weighted by Crippen LogP contribution is -2.32. The fraction of sp³-hybridized carbons (Fsp3) is 0.500. The van der Waals surface area contributed by atoms with Gasteiger partial charge < -0.3 is 10.2 Å². The Labute approximate surface area is 131 Å². The van der Waals surface area contributed by atoms with Gasteiger partial charge in [0.1, 0.15) is 5.03 Å². The van der Waals surface area contributed by atoms with Crippen molar-refractivity contribution in [1.29, 1.82) is 0 Å². The number of thioether (sulfide) groups is 1. The number of pyridine rings is 1. The van der Waals surface area contributed by atoms with Crippen LogP contribution < -0.4 is 5.32 Å². The molecular formula is C14H17F2N3O2S. The van der Waals surface area contributed by atoms with Gasteiger partial charge in [-0.25, -0.2) is 4.98 Å². The Hall–Kier alpha value is -1.70. The number of amides is 2. The summed E-state index contributed by atoms with van der Waals surface area (Å²) < 4.78 is 24.9. The number of alkyl halides is 2. The molecule has 0 saturated carbocycles. The van der Waals surface area contributed by atoms with Crippen LogP contribution in [0.3, 0.4) is 0 Å². The largest absolute Gasteiger partial charge is 0.351 e. The summed E-state index contributed by atoms with van der Waals surface area (Å²) in [6.45, 7) is 1.72. The Morgan fingerprint density at radius 2 is 2.09 bits per heavy atom. The van der Waals surface area contributed by atoms with E-state index in [0.29, 0.717) is 0 Å². The summed E-state index contributed by atoms with van der Waals surface area (Å²) in [4.78, 5) is 29.4. The first-order valence-corrected chi connectivity index (χ1v) is 7.91. The van der Waals surface area contributed by atoms with Crippen LogP contribution in [0.1, 0.15) is 29.6 Å². The average Bonchev–Trinajstić information content (AvgIpc) is 3.01. The second kappa shape index (κ2) is 8.07. The number of halogens is 2. The summed E-state index contributed by atoms with van der Waals surface area (Å²) in [7, 11) is 0. The molecule has 5 nitrogen and oxygen atoms in total. The van der Waals surface area contributed by atoms with Crippen molar-refractivity contribution < 1.29 is 18.4 Å². The van der Waals surface area contributed by atoms with Crippen molar-refractivity contribution in [2.24, 2.45) is 0 Å². The number of nitrogens with zero attached hydrogens (tertiary/aromatic N) is 2. The standard InChI is InChI=1S/C14H17F2N3O2S/c15-14(16)22-13-10(4-3-6-18-13)12(21)17-7-5-11(20)19-8-1-2-9-19/h3-4,6,14H,1-2,5,7-9H2,(H,17,21). The molecule has 2 rings (SSSR count). The van der Waals surface area contributed by atoms with Crippen LogP contribution in [0.2, 0.25) is 0 Å². The van der Waals surface area contributed by atoms with Gasteiger partial charge in [0.15, 0.2) is 0 Å². The van der Waals surface area contributed by atoms with Crippen LogP contribution >= 0.6 is 11.8 Å². The molecule has 8 heteroatoms. The molecule has 0 atom stereocenters. The van der Waals surface area contributed by atoms with E-state index in [2.05, 4.69) is 10.3 Å². The van der Waals surface area contributed by atoms with Crippen molar-refractivity contribution in [3.63, 3.8) is 0 Å². The van der Waals surface area contributed by atoms with Crippen molar-refractivity contribution in [1.82, 2.24) is 15.2 Å². The molecule has 1 aromatic rings. The fourth-order valence-corrected chi connectivity index (χ4v) is 2.82. The first-order valence-electron chi connectivity index (χ1n) is 7.03. The third-order valence-electron chi connectivity index (χ3n) is 3.30. The molecule has 0 aliphatic carbocycles. The summed E-state index contributed by atoms with van der Waals surface area (Å²) in [6, 6.07) is 2.95. The van der Waals surface area contributed by atoms with Crippen molar-refractivity contribution in [3.05, 3.63) is 23.9 Å². The Morgan fingerprint density at radius 1 is 1.36 bits per heavy atom. The molecule has 0 spiro atoms. The molecule has 1 aliphatic heterocycles. The van der Waals surface area contributed by atoms with Gasteiger partial charge in [-0.15, -0.1) is 0 Å². The minimum Gasteiger partial charge on any atom is -0.351 e. The number of carbonyl (C=O) groups excluding carboxylic acids is 2. The first kappa shape index (κ1) is 16.7. The van der Waals surface area contributed by atoms with E-state index in [1.165, 1.54) is 18.3 Å². The van der Waals surface area contributed by atoms with Crippen LogP contribution in [-0.4, -0.2) is 47.1 Å². The fourth-order valence-electron chi connectivity index (χ4n) is 2.24. The molecule has 2 heterocycles. The molecule has 120 valence electrons. The van der Waals surface area contributed by atoms with Gasteiger partial charge in [-0.1, -0.05) is 0 Å². The molecule has 0 unspecified atom stereocenters. The van der Waals surface area contributed by atoms with E-state index in [1.54, 1.807) is 4.90 Å². The lowest BCUT2D eigenvalue weighted by molar-refractivity contribution is -0.129. The number of carbonyl (C=O) groups is 2. The highest BCUT2D eigenvalue weighted by molar-refractivity contribution is 7.99. The smallest absolute Gasteiger partial charge is 0.290 e. The zero-order valence-corrected chi connectivity index (χ0v) is 12.7. The zero-order valence-electron chi connectivity index (χ0n) is 11.9. The van der Waals surface area contributed by atoms with Gasteiger partial charge in [-0.3, -0.25) is 9.59 Å². The minimum atomic E-state index is -2.64. The van der Waals surface area contributed by atoms with Crippen LogP contribution in [0.5, 0.6) is 0 Å². The number of hydrogen-bond acceptors (Lipinski definition) is 4. The second-order valence-electron chi connectivity index (χ2n) is 4.83. The lowest BCUT2D eigenvalue weighted by Gasteiger charge is -2.15. The molecule has 0 aromatic carbocycles. The van der Waals surface area contributed by atoms with E-state index in [-0.39, 0.29) is 41.2 Å². The van der Waals surface area contributed by atoms with Gasteiger partial charge in [0, 0.05) is 32.3 Å². The van der Waals surface area contributed by atoms with Gasteiger partial charge in [-0.2, -0.15) is 8.78 Å². The van der Waals surface area contributed by atoms with Crippen molar-refractivity contribution in [2.75, 3.05) is 19.6 Å². The SMILES string of the molecule is O=C(NCCC(=O)N1CCCC1)c1cccnc1SC(F)F. The van der Waals surface area contributed by atoms with Gasteiger partial charge in [0.25, 0.3) is 11.7 Å². The van der Waals surface area contributed by atoms with Crippen LogP contribution in [-0.2, 0) is 4.79 Å². The maximum atomic E-state index is 12.4. The lowest BCUT2D eigenvalue weighted by atomic mass is 10.2. The molecule has 2 amide bonds. The quantitative estimate of drug-likeness (QED) is 0.812. The minimum absolute atomic E-state index is 0.00571. The van der Waals surface area contributed by atoms with Gasteiger partial charge >= 0.3 is 0 Å². The average molecular weight is 329 g/mol. The highest BCUT2D eigenvalue weighted by atomic mass is 32.2. The van der Waals surface area contributed by atoms with Crippen molar-refractivity contribution in [2.45, 2.75) is 30.0 Å². The molecule has 1 saturated heterocycles. The van der Waals surface area contributed by atoms with Gasteiger partial charge in [0.2, 0.25) is 5.91 Å². The number of aromatic nitrogens is 1. The highest BCUT2D eigenvalue weighted by Gasteiger charge is 2.19. The predicted molar refractivity (Wildman–Crippen MR) is 78.9 cm³/mol. The van der Waals surface area contributed by atoms with E-state index in [9.17, 15) is 18.4 Å². The van der Waals surface area contributed by atoms with E-state index in [1.807, 2.05) is 0 Å². The van der Waals surface area contributed by atoms with Gasteiger partial charge in [0.05, 0.1) is 5.56 Å². The molecule has 1 N–H and O–H groups in total. The molecule has 1 aromatic heterocycles. The normalized spacial score (nSPS) is 14.4.